The van der Waals surface area contributed by atoms with Crippen LogP contribution in [0.25, 0.3) is 5.76 Å². The topological polar surface area (TPSA) is 106 Å². The van der Waals surface area contributed by atoms with Crippen LogP contribution in [0.3, 0.4) is 0 Å². The first-order valence-corrected chi connectivity index (χ1v) is 10.4. The third-order valence-electron chi connectivity index (χ3n) is 5.12. The van der Waals surface area contributed by atoms with Crippen LogP contribution in [0.4, 0.5) is 0 Å². The zero-order chi connectivity index (χ0) is 23.1. The molecule has 170 valence electrons. The molecule has 1 aliphatic rings. The number of amides is 1. The molecule has 1 saturated heterocycles. The van der Waals surface area contributed by atoms with Gasteiger partial charge in [0.25, 0.3) is 11.7 Å². The predicted molar refractivity (Wildman–Crippen MR) is 118 cm³/mol. The maximum atomic E-state index is 13.0. The van der Waals surface area contributed by atoms with E-state index in [1.165, 1.54) is 12.0 Å². The third kappa shape index (κ3) is 4.76. The SMILES string of the molecule is CCOc1ccc(C(O)=C2C(=O)C(=O)N(CCOCCO)[C@H]2c2ccccc2OC)cc1. The number of likely N-dealkylation sites (tertiary alicyclic amines) is 1. The third-order valence-corrected chi connectivity index (χ3v) is 5.12. The van der Waals surface area contributed by atoms with E-state index in [0.29, 0.717) is 29.2 Å². The smallest absolute Gasteiger partial charge is 0.295 e. The molecule has 1 amide bonds. The average Bonchev–Trinajstić information content (AvgIpc) is 3.06. The van der Waals surface area contributed by atoms with Gasteiger partial charge in [0, 0.05) is 17.7 Å². The molecular weight excluding hydrogens is 414 g/mol. The number of rotatable bonds is 10. The highest BCUT2D eigenvalue weighted by atomic mass is 16.5. The summed E-state index contributed by atoms with van der Waals surface area (Å²) in [6.45, 7) is 2.58. The summed E-state index contributed by atoms with van der Waals surface area (Å²) in [6.07, 6.45) is 0. The summed E-state index contributed by atoms with van der Waals surface area (Å²) in [4.78, 5) is 27.3. The molecule has 2 aromatic rings. The highest BCUT2D eigenvalue weighted by Gasteiger charge is 2.46. The molecule has 3 rings (SSSR count). The molecule has 0 unspecified atom stereocenters. The van der Waals surface area contributed by atoms with Gasteiger partial charge in [0.1, 0.15) is 17.3 Å². The first-order valence-electron chi connectivity index (χ1n) is 10.4. The normalized spacial score (nSPS) is 17.6. The molecule has 0 aromatic heterocycles. The van der Waals surface area contributed by atoms with E-state index in [-0.39, 0.29) is 37.7 Å². The molecule has 8 heteroatoms. The Bertz CT molecular complexity index is 984. The zero-order valence-electron chi connectivity index (χ0n) is 18.1. The minimum absolute atomic E-state index is 0.0224. The molecule has 8 nitrogen and oxygen atoms in total. The highest BCUT2D eigenvalue weighted by Crippen LogP contribution is 2.42. The fourth-order valence-electron chi connectivity index (χ4n) is 3.69. The first-order chi connectivity index (χ1) is 15.5. The molecule has 32 heavy (non-hydrogen) atoms. The van der Waals surface area contributed by atoms with Gasteiger partial charge in [-0.2, -0.15) is 0 Å². The Hall–Kier alpha value is -3.36. The van der Waals surface area contributed by atoms with Gasteiger partial charge in [-0.15, -0.1) is 0 Å². The van der Waals surface area contributed by atoms with Gasteiger partial charge in [0.2, 0.25) is 0 Å². The summed E-state index contributed by atoms with van der Waals surface area (Å²) in [5.41, 5.74) is 0.942. The van der Waals surface area contributed by atoms with Gasteiger partial charge in [-0.05, 0) is 37.3 Å². The Morgan fingerprint density at radius 3 is 2.44 bits per heavy atom. The van der Waals surface area contributed by atoms with Crippen molar-refractivity contribution in [1.29, 1.82) is 0 Å². The minimum atomic E-state index is -0.851. The number of nitrogens with zero attached hydrogens (tertiary/aromatic N) is 1. The van der Waals surface area contributed by atoms with Crippen molar-refractivity contribution in [2.45, 2.75) is 13.0 Å². The maximum Gasteiger partial charge on any atom is 0.295 e. The van der Waals surface area contributed by atoms with E-state index in [9.17, 15) is 14.7 Å². The van der Waals surface area contributed by atoms with Gasteiger partial charge in [-0.25, -0.2) is 0 Å². The lowest BCUT2D eigenvalue weighted by molar-refractivity contribution is -0.140. The van der Waals surface area contributed by atoms with E-state index < -0.39 is 17.7 Å². The number of aliphatic hydroxyl groups is 2. The van der Waals surface area contributed by atoms with Crippen LogP contribution in [0.1, 0.15) is 24.1 Å². The number of hydrogen-bond acceptors (Lipinski definition) is 7. The molecule has 0 spiro atoms. The standard InChI is InChI=1S/C24H27NO7/c1-3-32-17-10-8-16(9-11-17)22(27)20-21(18-6-4-5-7-19(18)30-2)25(24(29)23(20)28)12-14-31-15-13-26/h4-11,21,26-27H,3,12-15H2,1-2H3/t21-/m0/s1. The fraction of sp³-hybridized carbons (Fsp3) is 0.333. The van der Waals surface area contributed by atoms with Crippen molar-refractivity contribution in [3.05, 3.63) is 65.2 Å². The van der Waals surface area contributed by atoms with E-state index in [1.54, 1.807) is 48.5 Å². The molecular formula is C24H27NO7. The highest BCUT2D eigenvalue weighted by molar-refractivity contribution is 6.46. The van der Waals surface area contributed by atoms with Gasteiger partial charge in [-0.1, -0.05) is 18.2 Å². The fourth-order valence-corrected chi connectivity index (χ4v) is 3.69. The van der Waals surface area contributed by atoms with Crippen LogP contribution in [-0.4, -0.2) is 66.9 Å². The number of ether oxygens (including phenoxy) is 3. The van der Waals surface area contributed by atoms with E-state index in [1.807, 2.05) is 6.92 Å². The van der Waals surface area contributed by atoms with E-state index in [2.05, 4.69) is 0 Å². The molecule has 1 heterocycles. The Labute approximate surface area is 186 Å². The number of para-hydroxylation sites is 1. The molecule has 1 aliphatic heterocycles. The number of hydrogen-bond donors (Lipinski definition) is 2. The average molecular weight is 441 g/mol. The van der Waals surface area contributed by atoms with Crippen molar-refractivity contribution >= 4 is 17.4 Å². The van der Waals surface area contributed by atoms with Crippen LogP contribution >= 0.6 is 0 Å². The van der Waals surface area contributed by atoms with Crippen LogP contribution in [0.15, 0.2) is 54.1 Å². The molecule has 1 atom stereocenters. The number of carbonyl (C=O) groups excluding carboxylic acids is 2. The van der Waals surface area contributed by atoms with Crippen LogP contribution < -0.4 is 9.47 Å². The summed E-state index contributed by atoms with van der Waals surface area (Å²) in [5, 5.41) is 20.0. The van der Waals surface area contributed by atoms with Crippen molar-refractivity contribution in [1.82, 2.24) is 4.90 Å². The summed E-state index contributed by atoms with van der Waals surface area (Å²) in [7, 11) is 1.50. The summed E-state index contributed by atoms with van der Waals surface area (Å²) >= 11 is 0. The Morgan fingerprint density at radius 1 is 1.06 bits per heavy atom. The quantitative estimate of drug-likeness (QED) is 0.253. The summed E-state index contributed by atoms with van der Waals surface area (Å²) < 4.78 is 16.2. The molecule has 1 fully saturated rings. The Morgan fingerprint density at radius 2 is 1.78 bits per heavy atom. The van der Waals surface area contributed by atoms with Crippen LogP contribution in [-0.2, 0) is 14.3 Å². The number of benzene rings is 2. The lowest BCUT2D eigenvalue weighted by atomic mass is 9.94. The number of methoxy groups -OCH3 is 1. The van der Waals surface area contributed by atoms with E-state index in [0.717, 1.165) is 0 Å². The van der Waals surface area contributed by atoms with Gasteiger partial charge in [0.15, 0.2) is 0 Å². The van der Waals surface area contributed by atoms with Crippen molar-refractivity contribution in [3.8, 4) is 11.5 Å². The molecule has 0 saturated carbocycles. The predicted octanol–water partition coefficient (Wildman–Crippen LogP) is 2.52. The van der Waals surface area contributed by atoms with Gasteiger partial charge >= 0.3 is 0 Å². The minimum Gasteiger partial charge on any atom is -0.507 e. The lowest BCUT2D eigenvalue weighted by Crippen LogP contribution is -2.33. The van der Waals surface area contributed by atoms with Gasteiger partial charge in [-0.3, -0.25) is 9.59 Å². The Kier molecular flexibility index (Phi) is 7.86. The van der Waals surface area contributed by atoms with Crippen molar-refractivity contribution in [3.63, 3.8) is 0 Å². The molecule has 0 bridgehead atoms. The number of aliphatic hydroxyl groups excluding tert-OH is 2. The van der Waals surface area contributed by atoms with Gasteiger partial charge in [0.05, 0.1) is 45.2 Å². The molecule has 2 aromatic carbocycles. The monoisotopic (exact) mass is 441 g/mol. The number of ketones is 1. The Balaban J connectivity index is 2.07. The van der Waals surface area contributed by atoms with Crippen molar-refractivity contribution < 1.29 is 34.0 Å². The van der Waals surface area contributed by atoms with Crippen LogP contribution in [0, 0.1) is 0 Å². The number of carbonyl (C=O) groups is 2. The maximum absolute atomic E-state index is 13.0. The van der Waals surface area contributed by atoms with E-state index >= 15 is 0 Å². The number of Topliss-reactive ketones (excluding diaryl/α,β-unsaturated/α-hetero) is 1. The zero-order valence-corrected chi connectivity index (χ0v) is 18.1. The first kappa shape index (κ1) is 23.3. The molecule has 0 radical (unpaired) electrons. The van der Waals surface area contributed by atoms with Crippen LogP contribution in [0.2, 0.25) is 0 Å². The van der Waals surface area contributed by atoms with Crippen molar-refractivity contribution in [2.75, 3.05) is 40.1 Å². The lowest BCUT2D eigenvalue weighted by Gasteiger charge is -2.26. The summed E-state index contributed by atoms with van der Waals surface area (Å²) in [6, 6.07) is 12.8. The van der Waals surface area contributed by atoms with Crippen LogP contribution in [0.5, 0.6) is 11.5 Å². The molecule has 2 N–H and O–H groups in total. The van der Waals surface area contributed by atoms with Crippen molar-refractivity contribution in [2.24, 2.45) is 0 Å². The second kappa shape index (κ2) is 10.8. The second-order valence-electron chi connectivity index (χ2n) is 7.03. The largest absolute Gasteiger partial charge is 0.507 e. The van der Waals surface area contributed by atoms with E-state index in [4.69, 9.17) is 19.3 Å². The second-order valence-corrected chi connectivity index (χ2v) is 7.03. The van der Waals surface area contributed by atoms with Gasteiger partial charge < -0.3 is 29.3 Å². The summed E-state index contributed by atoms with van der Waals surface area (Å²) in [5.74, 6) is -0.679. The molecule has 0 aliphatic carbocycles.